The maximum absolute atomic E-state index is 12.5. The third kappa shape index (κ3) is 2.40. The van der Waals surface area contributed by atoms with Crippen LogP contribution in [0.25, 0.3) is 11.2 Å². The molecule has 0 N–H and O–H groups in total. The van der Waals surface area contributed by atoms with Crippen LogP contribution in [0.4, 0.5) is 0 Å². The average molecular weight is 356 g/mol. The molecule has 4 rings (SSSR count). The molecule has 136 valence electrons. The summed E-state index contributed by atoms with van der Waals surface area (Å²) in [6.45, 7) is 4.89. The number of nitrogens with zero attached hydrogens (tertiary/aromatic N) is 4. The van der Waals surface area contributed by atoms with Crippen LogP contribution in [0.3, 0.4) is 0 Å². The average Bonchev–Trinajstić information content (AvgIpc) is 3.16. The number of benzene rings is 1. The summed E-state index contributed by atoms with van der Waals surface area (Å²) in [6, 6.07) is 6.27. The fraction of sp³-hybridized carbons (Fsp3) is 0.389. The number of hydrogen-bond donors (Lipinski definition) is 0. The van der Waals surface area contributed by atoms with Gasteiger partial charge in [0.25, 0.3) is 11.6 Å². The highest BCUT2D eigenvalue weighted by atomic mass is 16.6. The van der Waals surface area contributed by atoms with E-state index in [0.29, 0.717) is 30.3 Å². The highest BCUT2D eigenvalue weighted by Gasteiger charge is 2.30. The highest BCUT2D eigenvalue weighted by Crippen LogP contribution is 2.26. The minimum atomic E-state index is -0.408. The molecule has 3 aromatic rings. The summed E-state index contributed by atoms with van der Waals surface area (Å²) in [6.07, 6.45) is -0.245. The minimum absolute atomic E-state index is 0.245. The second kappa shape index (κ2) is 5.76. The van der Waals surface area contributed by atoms with Crippen molar-refractivity contribution in [2.75, 3.05) is 6.61 Å². The van der Waals surface area contributed by atoms with E-state index in [0.717, 1.165) is 15.9 Å². The lowest BCUT2D eigenvalue weighted by Crippen LogP contribution is -2.37. The van der Waals surface area contributed by atoms with Crippen LogP contribution >= 0.6 is 0 Å². The van der Waals surface area contributed by atoms with Crippen LogP contribution in [0.1, 0.15) is 11.1 Å². The van der Waals surface area contributed by atoms with Gasteiger partial charge in [-0.1, -0.05) is 6.07 Å². The summed E-state index contributed by atoms with van der Waals surface area (Å²) < 4.78 is 15.8. The molecule has 8 nitrogen and oxygen atoms in total. The van der Waals surface area contributed by atoms with Crippen molar-refractivity contribution in [1.29, 1.82) is 0 Å². The molecule has 1 aliphatic heterocycles. The molecule has 26 heavy (non-hydrogen) atoms. The zero-order valence-corrected chi connectivity index (χ0v) is 15.1. The van der Waals surface area contributed by atoms with Crippen molar-refractivity contribution in [1.82, 2.24) is 18.7 Å². The summed E-state index contributed by atoms with van der Waals surface area (Å²) in [5, 5.41) is 0. The molecular weight excluding hydrogens is 336 g/mol. The van der Waals surface area contributed by atoms with E-state index < -0.39 is 5.69 Å². The largest absolute Gasteiger partial charge is 0.490 e. The number of imidazole rings is 1. The Morgan fingerprint density at radius 2 is 1.96 bits per heavy atom. The zero-order chi connectivity index (χ0) is 18.6. The summed E-state index contributed by atoms with van der Waals surface area (Å²) in [4.78, 5) is 28.8. The number of fused-ring (bicyclic) bond motifs is 3. The van der Waals surface area contributed by atoms with E-state index in [1.807, 2.05) is 25.1 Å². The van der Waals surface area contributed by atoms with Crippen LogP contribution in [0.2, 0.25) is 0 Å². The van der Waals surface area contributed by atoms with Gasteiger partial charge in [0, 0.05) is 14.1 Å². The summed E-state index contributed by atoms with van der Waals surface area (Å²) in [5.41, 5.74) is 2.30. The van der Waals surface area contributed by atoms with Crippen LogP contribution in [-0.4, -0.2) is 31.4 Å². The zero-order valence-electron chi connectivity index (χ0n) is 15.1. The van der Waals surface area contributed by atoms with Gasteiger partial charge in [0.15, 0.2) is 17.3 Å². The van der Waals surface area contributed by atoms with Gasteiger partial charge in [-0.05, 0) is 37.1 Å². The SMILES string of the molecule is Cc1ccc(OC[C@H]2Cn3c(nc4c3c(=O)n(C)c(=O)n4C)O2)cc1C. The Labute approximate surface area is 149 Å². The van der Waals surface area contributed by atoms with Gasteiger partial charge in [-0.2, -0.15) is 4.98 Å². The summed E-state index contributed by atoms with van der Waals surface area (Å²) in [5.74, 6) is 0.782. The molecule has 0 fully saturated rings. The molecule has 3 heterocycles. The molecule has 0 bridgehead atoms. The van der Waals surface area contributed by atoms with E-state index in [1.165, 1.54) is 17.2 Å². The van der Waals surface area contributed by atoms with Crippen LogP contribution in [-0.2, 0) is 20.6 Å². The van der Waals surface area contributed by atoms with Crippen LogP contribution in [0.15, 0.2) is 27.8 Å². The first-order chi connectivity index (χ1) is 12.4. The first kappa shape index (κ1) is 16.4. The molecule has 0 spiro atoms. The van der Waals surface area contributed by atoms with Gasteiger partial charge in [-0.3, -0.25) is 18.5 Å². The molecule has 0 radical (unpaired) electrons. The molecular formula is C18H20N4O4. The lowest BCUT2D eigenvalue weighted by molar-refractivity contribution is 0.143. The molecule has 0 saturated heterocycles. The quantitative estimate of drug-likeness (QED) is 0.696. The summed E-state index contributed by atoms with van der Waals surface area (Å²) in [7, 11) is 3.05. The standard InChI is InChI=1S/C18H20N4O4/c1-10-5-6-12(7-11(10)2)25-9-13-8-22-14-15(19-17(22)26-13)20(3)18(24)21(4)16(14)23/h5-7,13H,8-9H2,1-4H3/t13-/m1/s1. The van der Waals surface area contributed by atoms with E-state index in [9.17, 15) is 9.59 Å². The van der Waals surface area contributed by atoms with E-state index >= 15 is 0 Å². The molecule has 1 aromatic carbocycles. The van der Waals surface area contributed by atoms with Crippen molar-refractivity contribution in [3.05, 3.63) is 50.2 Å². The Kier molecular flexibility index (Phi) is 3.64. The predicted molar refractivity (Wildman–Crippen MR) is 96.0 cm³/mol. The maximum atomic E-state index is 12.5. The van der Waals surface area contributed by atoms with E-state index in [-0.39, 0.29) is 11.7 Å². The van der Waals surface area contributed by atoms with Crippen molar-refractivity contribution in [2.45, 2.75) is 26.5 Å². The maximum Gasteiger partial charge on any atom is 0.332 e. The monoisotopic (exact) mass is 356 g/mol. The van der Waals surface area contributed by atoms with E-state index in [1.54, 1.807) is 11.6 Å². The van der Waals surface area contributed by atoms with Gasteiger partial charge in [-0.25, -0.2) is 4.79 Å². The first-order valence-corrected chi connectivity index (χ1v) is 8.39. The first-order valence-electron chi connectivity index (χ1n) is 8.39. The number of aromatic nitrogens is 4. The topological polar surface area (TPSA) is 80.3 Å². The number of hydrogen-bond acceptors (Lipinski definition) is 5. The number of ether oxygens (including phenoxy) is 2. The Morgan fingerprint density at radius 1 is 1.19 bits per heavy atom. The fourth-order valence-electron chi connectivity index (χ4n) is 3.16. The van der Waals surface area contributed by atoms with Crippen molar-refractivity contribution in [3.8, 4) is 11.8 Å². The van der Waals surface area contributed by atoms with Gasteiger partial charge in [0.1, 0.15) is 12.4 Å². The second-order valence-electron chi connectivity index (χ2n) is 6.68. The van der Waals surface area contributed by atoms with Crippen molar-refractivity contribution in [2.24, 2.45) is 14.1 Å². The third-order valence-electron chi connectivity index (χ3n) is 4.89. The number of aryl methyl sites for hydroxylation is 3. The Balaban J connectivity index is 1.59. The van der Waals surface area contributed by atoms with Crippen molar-refractivity contribution in [3.63, 3.8) is 0 Å². The number of rotatable bonds is 3. The molecule has 0 unspecified atom stereocenters. The Hall–Kier alpha value is -3.03. The normalized spacial score (nSPS) is 15.9. The second-order valence-corrected chi connectivity index (χ2v) is 6.68. The molecule has 2 aromatic heterocycles. The van der Waals surface area contributed by atoms with Crippen molar-refractivity contribution < 1.29 is 9.47 Å². The summed E-state index contributed by atoms with van der Waals surface area (Å²) >= 11 is 0. The van der Waals surface area contributed by atoms with E-state index in [2.05, 4.69) is 11.9 Å². The van der Waals surface area contributed by atoms with E-state index in [4.69, 9.17) is 9.47 Å². The molecule has 0 aliphatic carbocycles. The Bertz CT molecular complexity index is 1140. The van der Waals surface area contributed by atoms with Gasteiger partial charge in [-0.15, -0.1) is 0 Å². The Morgan fingerprint density at radius 3 is 2.69 bits per heavy atom. The smallest absolute Gasteiger partial charge is 0.332 e. The molecule has 1 atom stereocenters. The highest BCUT2D eigenvalue weighted by molar-refractivity contribution is 5.72. The minimum Gasteiger partial charge on any atom is -0.490 e. The van der Waals surface area contributed by atoms with Gasteiger partial charge in [0.2, 0.25) is 0 Å². The van der Waals surface area contributed by atoms with Gasteiger partial charge < -0.3 is 9.47 Å². The molecule has 0 amide bonds. The van der Waals surface area contributed by atoms with Crippen LogP contribution in [0, 0.1) is 13.8 Å². The molecule has 1 aliphatic rings. The lowest BCUT2D eigenvalue weighted by atomic mass is 10.1. The van der Waals surface area contributed by atoms with Crippen molar-refractivity contribution >= 4 is 11.2 Å². The van der Waals surface area contributed by atoms with Crippen LogP contribution < -0.4 is 20.7 Å². The van der Waals surface area contributed by atoms with Crippen LogP contribution in [0.5, 0.6) is 11.8 Å². The van der Waals surface area contributed by atoms with Gasteiger partial charge in [0.05, 0.1) is 6.54 Å². The fourth-order valence-corrected chi connectivity index (χ4v) is 3.16. The van der Waals surface area contributed by atoms with Gasteiger partial charge >= 0.3 is 5.69 Å². The lowest BCUT2D eigenvalue weighted by Gasteiger charge is -2.13. The molecule has 0 saturated carbocycles. The predicted octanol–water partition coefficient (Wildman–Crippen LogP) is 0.891. The molecule has 8 heteroatoms. The third-order valence-corrected chi connectivity index (χ3v) is 4.89.